The van der Waals surface area contributed by atoms with Gasteiger partial charge >= 0.3 is 0 Å². The number of carbonyl (C=O) groups is 1. The molecule has 2 aliphatic heterocycles. The largest absolute Gasteiger partial charge is 0.336 e. The molecule has 2 aliphatic rings. The Labute approximate surface area is 169 Å². The predicted molar refractivity (Wildman–Crippen MR) is 108 cm³/mol. The number of carbonyl (C=O) groups excluding carboxylic acids is 1. The first-order valence-electron chi connectivity index (χ1n) is 10.1. The number of aromatic amines is 1. The molecule has 9 nitrogen and oxygen atoms in total. The van der Waals surface area contributed by atoms with Gasteiger partial charge in [0.2, 0.25) is 15.9 Å². The highest BCUT2D eigenvalue weighted by Gasteiger charge is 2.35. The van der Waals surface area contributed by atoms with E-state index in [1.807, 2.05) is 13.8 Å². The first-order chi connectivity index (χ1) is 13.7. The Bertz CT molecular complexity index is 1120. The van der Waals surface area contributed by atoms with Gasteiger partial charge in [0.25, 0.3) is 5.56 Å². The van der Waals surface area contributed by atoms with Crippen LogP contribution in [0.5, 0.6) is 0 Å². The fourth-order valence-corrected chi connectivity index (χ4v) is 5.63. The van der Waals surface area contributed by atoms with Gasteiger partial charge in [0.15, 0.2) is 5.65 Å². The molecule has 0 unspecified atom stereocenters. The van der Waals surface area contributed by atoms with E-state index < -0.39 is 10.0 Å². The van der Waals surface area contributed by atoms with Crippen LogP contribution in [0.4, 0.5) is 0 Å². The summed E-state index contributed by atoms with van der Waals surface area (Å²) in [5.74, 6) is 0.00327. The lowest BCUT2D eigenvalue weighted by molar-refractivity contribution is -0.135. The smallest absolute Gasteiger partial charge is 0.276 e. The molecule has 2 aromatic rings. The lowest BCUT2D eigenvalue weighted by atomic mass is 10.0. The van der Waals surface area contributed by atoms with Crippen molar-refractivity contribution in [2.24, 2.45) is 5.92 Å². The van der Waals surface area contributed by atoms with E-state index in [9.17, 15) is 18.0 Å². The van der Waals surface area contributed by atoms with E-state index >= 15 is 0 Å². The number of rotatable bonds is 4. The van der Waals surface area contributed by atoms with Crippen molar-refractivity contribution in [3.63, 3.8) is 0 Å². The highest BCUT2D eigenvalue weighted by molar-refractivity contribution is 7.89. The van der Waals surface area contributed by atoms with Gasteiger partial charge in [-0.25, -0.2) is 17.9 Å². The van der Waals surface area contributed by atoms with Gasteiger partial charge in [-0.15, -0.1) is 0 Å². The Morgan fingerprint density at radius 2 is 2.10 bits per heavy atom. The van der Waals surface area contributed by atoms with Crippen LogP contribution in [0.25, 0.3) is 5.65 Å². The number of aromatic nitrogens is 3. The van der Waals surface area contributed by atoms with Gasteiger partial charge < -0.3 is 4.90 Å². The highest BCUT2D eigenvalue weighted by Crippen LogP contribution is 2.34. The number of amides is 1. The van der Waals surface area contributed by atoms with E-state index in [1.54, 1.807) is 17.9 Å². The van der Waals surface area contributed by atoms with E-state index in [1.165, 1.54) is 8.82 Å². The van der Waals surface area contributed by atoms with Gasteiger partial charge in [-0.1, -0.05) is 13.8 Å². The molecule has 0 radical (unpaired) electrons. The molecule has 4 rings (SSSR count). The number of sulfonamides is 1. The minimum absolute atomic E-state index is 0.0515. The molecule has 1 fully saturated rings. The molecule has 0 aromatic carbocycles. The van der Waals surface area contributed by atoms with Crippen LogP contribution in [0.2, 0.25) is 0 Å². The summed E-state index contributed by atoms with van der Waals surface area (Å²) in [6.07, 6.45) is 1.96. The molecule has 1 atom stereocenters. The Hall–Kier alpha value is -2.20. The zero-order chi connectivity index (χ0) is 20.9. The van der Waals surface area contributed by atoms with Crippen molar-refractivity contribution in [1.82, 2.24) is 23.8 Å². The lowest BCUT2D eigenvalue weighted by Gasteiger charge is -2.29. The summed E-state index contributed by atoms with van der Waals surface area (Å²) in [7, 11) is -3.32. The molecule has 1 amide bonds. The van der Waals surface area contributed by atoms with Crippen LogP contribution in [-0.2, 0) is 27.8 Å². The summed E-state index contributed by atoms with van der Waals surface area (Å²) in [5, 5.41) is 3.09. The van der Waals surface area contributed by atoms with Crippen LogP contribution < -0.4 is 5.56 Å². The van der Waals surface area contributed by atoms with Crippen molar-refractivity contribution in [3.8, 4) is 0 Å². The van der Waals surface area contributed by atoms with Gasteiger partial charge in [-0.05, 0) is 26.2 Å². The summed E-state index contributed by atoms with van der Waals surface area (Å²) in [6.45, 7) is 6.69. The van der Waals surface area contributed by atoms with Crippen LogP contribution in [0.1, 0.15) is 56.6 Å². The Morgan fingerprint density at radius 1 is 1.34 bits per heavy atom. The average Bonchev–Trinajstić information content (AvgIpc) is 3.34. The molecule has 0 bridgehead atoms. The molecule has 2 aromatic heterocycles. The maximum absolute atomic E-state index is 13.0. The van der Waals surface area contributed by atoms with Crippen molar-refractivity contribution >= 4 is 21.6 Å². The summed E-state index contributed by atoms with van der Waals surface area (Å²) < 4.78 is 27.8. The topological polar surface area (TPSA) is 108 Å². The molecule has 1 saturated heterocycles. The van der Waals surface area contributed by atoms with Crippen LogP contribution in [-0.4, -0.2) is 57.0 Å². The molecule has 1 N–H and O–H groups in total. The van der Waals surface area contributed by atoms with Crippen molar-refractivity contribution < 1.29 is 13.2 Å². The standard InChI is InChI=1S/C19H27N5O4S/c1-4-29(27,28)23-8-5-6-16(23)14-10-17-20-15-11-22(18(25)12(2)3)9-7-13(15)19(26)24(17)21-14/h10,12,16,21H,4-9,11H2,1-3H3/t16-/m0/s1. The Kier molecular flexibility index (Phi) is 5.02. The third kappa shape index (κ3) is 3.38. The molecular formula is C19H27N5O4S. The molecule has 4 heterocycles. The van der Waals surface area contributed by atoms with Crippen LogP contribution in [0, 0.1) is 5.92 Å². The zero-order valence-corrected chi connectivity index (χ0v) is 17.8. The van der Waals surface area contributed by atoms with Crippen molar-refractivity contribution in [1.29, 1.82) is 0 Å². The summed E-state index contributed by atoms with van der Waals surface area (Å²) >= 11 is 0. The van der Waals surface area contributed by atoms with E-state index in [2.05, 4.69) is 10.1 Å². The Balaban J connectivity index is 1.72. The van der Waals surface area contributed by atoms with Crippen molar-refractivity contribution in [2.75, 3.05) is 18.8 Å². The maximum Gasteiger partial charge on any atom is 0.276 e. The van der Waals surface area contributed by atoms with Gasteiger partial charge in [-0.2, -0.15) is 4.31 Å². The number of nitrogens with zero attached hydrogens (tertiary/aromatic N) is 4. The van der Waals surface area contributed by atoms with Gasteiger partial charge in [0.05, 0.1) is 29.7 Å². The van der Waals surface area contributed by atoms with E-state index in [0.717, 1.165) is 6.42 Å². The van der Waals surface area contributed by atoms with Crippen molar-refractivity contribution in [2.45, 2.75) is 52.6 Å². The lowest BCUT2D eigenvalue weighted by Crippen LogP contribution is -2.41. The average molecular weight is 422 g/mol. The number of fused-ring (bicyclic) bond motifs is 2. The molecule has 10 heteroatoms. The van der Waals surface area contributed by atoms with Gasteiger partial charge in [-0.3, -0.25) is 14.7 Å². The number of H-pyrrole nitrogens is 1. The van der Waals surface area contributed by atoms with Crippen LogP contribution >= 0.6 is 0 Å². The minimum atomic E-state index is -3.32. The highest BCUT2D eigenvalue weighted by atomic mass is 32.2. The normalized spacial score (nSPS) is 20.6. The number of hydrogen-bond donors (Lipinski definition) is 1. The second kappa shape index (κ2) is 7.24. The summed E-state index contributed by atoms with van der Waals surface area (Å²) in [6, 6.07) is 1.45. The third-order valence-corrected chi connectivity index (χ3v) is 7.76. The first kappa shape index (κ1) is 20.1. The maximum atomic E-state index is 13.0. The molecule has 29 heavy (non-hydrogen) atoms. The zero-order valence-electron chi connectivity index (χ0n) is 17.0. The molecule has 0 aliphatic carbocycles. The summed E-state index contributed by atoms with van der Waals surface area (Å²) in [5.41, 5.74) is 2.22. The van der Waals surface area contributed by atoms with E-state index in [0.29, 0.717) is 55.1 Å². The molecule has 0 spiro atoms. The van der Waals surface area contributed by atoms with Gasteiger partial charge in [0.1, 0.15) is 0 Å². The van der Waals surface area contributed by atoms with Crippen LogP contribution in [0.15, 0.2) is 10.9 Å². The Morgan fingerprint density at radius 3 is 2.79 bits per heavy atom. The van der Waals surface area contributed by atoms with Gasteiger partial charge in [0, 0.05) is 30.6 Å². The second-order valence-electron chi connectivity index (χ2n) is 8.08. The van der Waals surface area contributed by atoms with E-state index in [4.69, 9.17) is 0 Å². The number of nitrogens with one attached hydrogen (secondary N) is 1. The predicted octanol–water partition coefficient (Wildman–Crippen LogP) is 1.05. The van der Waals surface area contributed by atoms with Crippen molar-refractivity contribution in [3.05, 3.63) is 33.4 Å². The first-order valence-corrected chi connectivity index (χ1v) is 11.8. The minimum Gasteiger partial charge on any atom is -0.336 e. The quantitative estimate of drug-likeness (QED) is 0.794. The summed E-state index contributed by atoms with van der Waals surface area (Å²) in [4.78, 5) is 31.7. The SMILES string of the molecule is CCS(=O)(=O)N1CCC[C@H]1c1cc2nc3c(c(=O)n2[nH]1)CCN(C(=O)C(C)C)C3. The van der Waals surface area contributed by atoms with Crippen LogP contribution in [0.3, 0.4) is 0 Å². The fraction of sp³-hybridized carbons (Fsp3) is 0.632. The molecular weight excluding hydrogens is 394 g/mol. The monoisotopic (exact) mass is 421 g/mol. The molecule has 0 saturated carbocycles. The second-order valence-corrected chi connectivity index (χ2v) is 10.3. The third-order valence-electron chi connectivity index (χ3n) is 5.88. The number of hydrogen-bond acceptors (Lipinski definition) is 5. The fourth-order valence-electron chi connectivity index (χ4n) is 4.29. The molecule has 158 valence electrons. The van der Waals surface area contributed by atoms with E-state index in [-0.39, 0.29) is 29.2 Å².